The molecule has 0 amide bonds. The molecule has 0 fully saturated rings. The Morgan fingerprint density at radius 1 is 1.21 bits per heavy atom. The van der Waals surface area contributed by atoms with Crippen LogP contribution in [-0.2, 0) is 19.1 Å². The molecule has 1 aromatic carbocycles. The minimum absolute atomic E-state index is 0. The van der Waals surface area contributed by atoms with Crippen LogP contribution in [0.2, 0.25) is 0 Å². The summed E-state index contributed by atoms with van der Waals surface area (Å²) >= 11 is 0.966. The summed E-state index contributed by atoms with van der Waals surface area (Å²) in [7, 11) is 4.04. The Labute approximate surface area is 190 Å². The number of thiazole rings is 1. The standard InChI is InChI=1S/C19H26F3N5S.HI/c1-4-23-18(25-12-17-26-16(13-28-17)19(20,21)22)24-11-15(27(2)3)10-14-8-6-5-7-9-14;/h5-9,13,15H,4,10-12H2,1-3H3,(H2,23,24,25);1H. The van der Waals surface area contributed by atoms with Crippen LogP contribution in [0.25, 0.3) is 0 Å². The molecular formula is C19H27F3IN5S. The fraction of sp³-hybridized carbons (Fsp3) is 0.474. The number of guanidine groups is 1. The van der Waals surface area contributed by atoms with Crippen LogP contribution < -0.4 is 10.6 Å². The number of rotatable bonds is 8. The largest absolute Gasteiger partial charge is 0.434 e. The lowest BCUT2D eigenvalue weighted by Crippen LogP contribution is -2.46. The molecule has 1 unspecified atom stereocenters. The van der Waals surface area contributed by atoms with E-state index in [1.807, 2.05) is 39.2 Å². The predicted molar refractivity (Wildman–Crippen MR) is 123 cm³/mol. The Balaban J connectivity index is 0.00000420. The van der Waals surface area contributed by atoms with Crippen LogP contribution in [0.15, 0.2) is 40.7 Å². The van der Waals surface area contributed by atoms with Gasteiger partial charge in [0.1, 0.15) is 5.01 Å². The second-order valence-corrected chi connectivity index (χ2v) is 7.45. The molecule has 0 saturated heterocycles. The molecule has 0 saturated carbocycles. The second kappa shape index (κ2) is 12.3. The van der Waals surface area contributed by atoms with Gasteiger partial charge in [0.15, 0.2) is 11.7 Å². The molecule has 2 aromatic rings. The Bertz CT molecular complexity index is 750. The van der Waals surface area contributed by atoms with Crippen molar-refractivity contribution in [2.75, 3.05) is 27.2 Å². The first-order chi connectivity index (χ1) is 13.3. The van der Waals surface area contributed by atoms with Gasteiger partial charge in [0, 0.05) is 24.5 Å². The van der Waals surface area contributed by atoms with Crippen LogP contribution in [-0.4, -0.2) is 49.1 Å². The van der Waals surface area contributed by atoms with E-state index in [4.69, 9.17) is 0 Å². The number of aliphatic imine (C=N–C) groups is 1. The first-order valence-electron chi connectivity index (χ1n) is 9.03. The van der Waals surface area contributed by atoms with Gasteiger partial charge in [-0.05, 0) is 33.0 Å². The van der Waals surface area contributed by atoms with E-state index in [-0.39, 0.29) is 36.6 Å². The number of nitrogens with one attached hydrogen (secondary N) is 2. The second-order valence-electron chi connectivity index (χ2n) is 6.51. The topological polar surface area (TPSA) is 52.6 Å². The van der Waals surface area contributed by atoms with Gasteiger partial charge in [-0.25, -0.2) is 9.98 Å². The van der Waals surface area contributed by atoms with E-state index in [1.165, 1.54) is 5.56 Å². The average Bonchev–Trinajstić information content (AvgIpc) is 3.13. The van der Waals surface area contributed by atoms with Crippen molar-refractivity contribution in [1.82, 2.24) is 20.5 Å². The maximum absolute atomic E-state index is 12.7. The molecule has 162 valence electrons. The molecule has 0 aliphatic carbocycles. The van der Waals surface area contributed by atoms with Gasteiger partial charge in [-0.1, -0.05) is 30.3 Å². The minimum atomic E-state index is -4.42. The van der Waals surface area contributed by atoms with Crippen molar-refractivity contribution in [3.05, 3.63) is 52.0 Å². The van der Waals surface area contributed by atoms with Crippen LogP contribution in [0, 0.1) is 0 Å². The fourth-order valence-corrected chi connectivity index (χ4v) is 3.26. The molecule has 29 heavy (non-hydrogen) atoms. The molecule has 10 heteroatoms. The molecule has 2 N–H and O–H groups in total. The van der Waals surface area contributed by atoms with Gasteiger partial charge in [0.05, 0.1) is 6.54 Å². The zero-order chi connectivity index (χ0) is 20.6. The Hall–Kier alpha value is -1.40. The third kappa shape index (κ3) is 8.87. The highest BCUT2D eigenvalue weighted by molar-refractivity contribution is 14.0. The lowest BCUT2D eigenvalue weighted by atomic mass is 10.1. The number of alkyl halides is 3. The zero-order valence-electron chi connectivity index (χ0n) is 16.7. The average molecular weight is 541 g/mol. The van der Waals surface area contributed by atoms with Crippen molar-refractivity contribution in [3.63, 3.8) is 0 Å². The van der Waals surface area contributed by atoms with Crippen molar-refractivity contribution in [2.24, 2.45) is 4.99 Å². The van der Waals surface area contributed by atoms with Crippen LogP contribution in [0.3, 0.4) is 0 Å². The smallest absolute Gasteiger partial charge is 0.357 e. The summed E-state index contributed by atoms with van der Waals surface area (Å²) < 4.78 is 38.0. The van der Waals surface area contributed by atoms with Gasteiger partial charge in [0.25, 0.3) is 0 Å². The van der Waals surface area contributed by atoms with E-state index in [0.717, 1.165) is 23.1 Å². The summed E-state index contributed by atoms with van der Waals surface area (Å²) in [6.07, 6.45) is -3.54. The fourth-order valence-electron chi connectivity index (χ4n) is 2.54. The summed E-state index contributed by atoms with van der Waals surface area (Å²) in [6, 6.07) is 10.5. The first kappa shape index (κ1) is 25.6. The SMILES string of the molecule is CCNC(=NCc1nc(C(F)(F)F)cs1)NCC(Cc1ccccc1)N(C)C.I. The zero-order valence-corrected chi connectivity index (χ0v) is 19.8. The number of likely N-dealkylation sites (N-methyl/N-ethyl adjacent to an activating group) is 1. The van der Waals surface area contributed by atoms with Gasteiger partial charge >= 0.3 is 6.18 Å². The number of benzene rings is 1. The maximum Gasteiger partial charge on any atom is 0.434 e. The highest BCUT2D eigenvalue weighted by atomic mass is 127. The van der Waals surface area contributed by atoms with E-state index in [0.29, 0.717) is 24.1 Å². The molecule has 0 radical (unpaired) electrons. The van der Waals surface area contributed by atoms with E-state index in [1.54, 1.807) is 0 Å². The minimum Gasteiger partial charge on any atom is -0.357 e. The molecule has 2 rings (SSSR count). The number of aromatic nitrogens is 1. The third-order valence-corrected chi connectivity index (χ3v) is 4.94. The van der Waals surface area contributed by atoms with Crippen molar-refractivity contribution in [3.8, 4) is 0 Å². The lowest BCUT2D eigenvalue weighted by Gasteiger charge is -2.25. The lowest BCUT2D eigenvalue weighted by molar-refractivity contribution is -0.140. The van der Waals surface area contributed by atoms with Crippen molar-refractivity contribution in [2.45, 2.75) is 32.1 Å². The molecule has 0 aliphatic heterocycles. The quantitative estimate of drug-likeness (QED) is 0.302. The number of hydrogen-bond acceptors (Lipinski definition) is 4. The summed E-state index contributed by atoms with van der Waals surface area (Å²) in [4.78, 5) is 10.1. The molecule has 1 aromatic heterocycles. The van der Waals surface area contributed by atoms with Gasteiger partial charge < -0.3 is 15.5 Å². The van der Waals surface area contributed by atoms with Gasteiger partial charge in [-0.2, -0.15) is 13.2 Å². The summed E-state index contributed by atoms with van der Waals surface area (Å²) in [5.74, 6) is 0.561. The molecule has 0 spiro atoms. The number of nitrogens with zero attached hydrogens (tertiary/aromatic N) is 3. The monoisotopic (exact) mass is 541 g/mol. The van der Waals surface area contributed by atoms with E-state index in [2.05, 4.69) is 37.6 Å². The van der Waals surface area contributed by atoms with E-state index >= 15 is 0 Å². The third-order valence-electron chi connectivity index (χ3n) is 4.11. The highest BCUT2D eigenvalue weighted by Crippen LogP contribution is 2.30. The highest BCUT2D eigenvalue weighted by Gasteiger charge is 2.33. The molecule has 0 bridgehead atoms. The van der Waals surface area contributed by atoms with Crippen LogP contribution in [0.1, 0.15) is 23.2 Å². The molecule has 5 nitrogen and oxygen atoms in total. The van der Waals surface area contributed by atoms with E-state index < -0.39 is 11.9 Å². The normalized spacial score (nSPS) is 13.1. The van der Waals surface area contributed by atoms with Gasteiger partial charge in [-0.3, -0.25) is 0 Å². The van der Waals surface area contributed by atoms with E-state index in [9.17, 15) is 13.2 Å². The van der Waals surface area contributed by atoms with Crippen molar-refractivity contribution < 1.29 is 13.2 Å². The maximum atomic E-state index is 12.7. The summed E-state index contributed by atoms with van der Waals surface area (Å²) in [6.45, 7) is 3.35. The summed E-state index contributed by atoms with van der Waals surface area (Å²) in [5.41, 5.74) is 0.378. The van der Waals surface area contributed by atoms with Crippen LogP contribution in [0.4, 0.5) is 13.2 Å². The predicted octanol–water partition coefficient (Wildman–Crippen LogP) is 4.01. The van der Waals surface area contributed by atoms with Crippen LogP contribution >= 0.6 is 35.3 Å². The Kier molecular flexibility index (Phi) is 10.9. The number of halogens is 4. The van der Waals surface area contributed by atoms with Gasteiger partial charge in [0.2, 0.25) is 0 Å². The summed E-state index contributed by atoms with van der Waals surface area (Å²) in [5, 5.41) is 7.76. The van der Waals surface area contributed by atoms with Crippen LogP contribution in [0.5, 0.6) is 0 Å². The molecule has 1 atom stereocenters. The molecule has 0 aliphatic rings. The Morgan fingerprint density at radius 3 is 2.45 bits per heavy atom. The molecule has 1 heterocycles. The van der Waals surface area contributed by atoms with Crippen molar-refractivity contribution >= 4 is 41.3 Å². The van der Waals surface area contributed by atoms with Crippen molar-refractivity contribution in [1.29, 1.82) is 0 Å². The number of hydrogen-bond donors (Lipinski definition) is 2. The molecular weight excluding hydrogens is 514 g/mol. The first-order valence-corrected chi connectivity index (χ1v) is 9.91. The van der Waals surface area contributed by atoms with Gasteiger partial charge in [-0.15, -0.1) is 35.3 Å². The Morgan fingerprint density at radius 2 is 1.90 bits per heavy atom.